The summed E-state index contributed by atoms with van der Waals surface area (Å²) >= 11 is 0. The highest BCUT2D eigenvalue weighted by molar-refractivity contribution is 5.79. The molecular weight excluding hydrogens is 432 g/mol. The van der Waals surface area contributed by atoms with Crippen molar-refractivity contribution in [3.05, 3.63) is 51.1 Å². The molecule has 0 aromatic carbocycles. The van der Waals surface area contributed by atoms with Gasteiger partial charge in [0.2, 0.25) is 23.6 Å². The van der Waals surface area contributed by atoms with Crippen molar-refractivity contribution in [1.82, 2.24) is 19.6 Å². The molecule has 0 atom stereocenters. The number of amides is 4. The minimum absolute atomic E-state index is 0.208. The van der Waals surface area contributed by atoms with E-state index in [0.717, 1.165) is 64.7 Å². The molecule has 34 heavy (non-hydrogen) atoms. The highest BCUT2D eigenvalue weighted by Crippen LogP contribution is 2.11. The lowest BCUT2D eigenvalue weighted by Crippen LogP contribution is -2.29. The summed E-state index contributed by atoms with van der Waals surface area (Å²) in [5.74, 6) is 0.854. The first-order valence-corrected chi connectivity index (χ1v) is 12.1. The summed E-state index contributed by atoms with van der Waals surface area (Å²) in [5, 5.41) is 0. The average molecular weight is 473 g/mol. The van der Waals surface area contributed by atoms with Gasteiger partial charge in [0.15, 0.2) is 0 Å². The third kappa shape index (κ3) is 10.2. The van der Waals surface area contributed by atoms with Gasteiger partial charge in [0.05, 0.1) is 0 Å². The summed E-state index contributed by atoms with van der Waals surface area (Å²) in [5.41, 5.74) is 0. The van der Waals surface area contributed by atoms with Gasteiger partial charge in [0.1, 0.15) is 0 Å². The number of piperidine rings is 2. The lowest BCUT2D eigenvalue weighted by atomic mass is 10.1. The van der Waals surface area contributed by atoms with Crippen molar-refractivity contribution < 1.29 is 19.2 Å². The number of nitrogens with zero attached hydrogens (tertiary/aromatic N) is 4. The molecule has 4 amide bonds. The number of hydrogen-bond acceptors (Lipinski definition) is 4. The van der Waals surface area contributed by atoms with Crippen LogP contribution >= 0.6 is 0 Å². The van der Waals surface area contributed by atoms with Gasteiger partial charge in [-0.1, -0.05) is 26.3 Å². The van der Waals surface area contributed by atoms with Gasteiger partial charge < -0.3 is 19.6 Å². The number of hydrogen-bond donors (Lipinski definition) is 0. The van der Waals surface area contributed by atoms with E-state index >= 15 is 0 Å². The van der Waals surface area contributed by atoms with Gasteiger partial charge in [-0.25, -0.2) is 0 Å². The average Bonchev–Trinajstić information content (AvgIpc) is 3.48. The summed E-state index contributed by atoms with van der Waals surface area (Å²) in [6.07, 6.45) is 15.5. The van der Waals surface area contributed by atoms with Crippen molar-refractivity contribution in [2.75, 3.05) is 26.2 Å². The van der Waals surface area contributed by atoms with Gasteiger partial charge in [-0.15, -0.1) is 0 Å². The molecule has 0 aromatic rings. The SMILES string of the molecule is C=CN1CCCC1=O.C=CN1CCCC1=O.C=CN1CCCCC1=O.C=CN1CCCCC1=O. The van der Waals surface area contributed by atoms with Crippen molar-refractivity contribution in [3.63, 3.8) is 0 Å². The highest BCUT2D eigenvalue weighted by atomic mass is 16.2. The van der Waals surface area contributed by atoms with Crippen LogP contribution in [0.15, 0.2) is 51.1 Å². The van der Waals surface area contributed by atoms with Crippen LogP contribution in [0.1, 0.15) is 64.2 Å². The van der Waals surface area contributed by atoms with Crippen molar-refractivity contribution in [2.45, 2.75) is 64.2 Å². The smallest absolute Gasteiger partial charge is 0.226 e. The fourth-order valence-corrected chi connectivity index (χ4v) is 3.76. The Hall–Kier alpha value is -3.16. The summed E-state index contributed by atoms with van der Waals surface area (Å²) in [6, 6.07) is 0. The molecule has 0 bridgehead atoms. The van der Waals surface area contributed by atoms with E-state index in [9.17, 15) is 19.2 Å². The van der Waals surface area contributed by atoms with E-state index in [2.05, 4.69) is 26.3 Å². The number of rotatable bonds is 4. The lowest BCUT2D eigenvalue weighted by molar-refractivity contribution is -0.131. The highest BCUT2D eigenvalue weighted by Gasteiger charge is 2.17. The van der Waals surface area contributed by atoms with Gasteiger partial charge in [-0.3, -0.25) is 19.2 Å². The first-order chi connectivity index (χ1) is 16.4. The van der Waals surface area contributed by atoms with Crippen molar-refractivity contribution in [3.8, 4) is 0 Å². The molecule has 188 valence electrons. The third-order valence-corrected chi connectivity index (χ3v) is 5.82. The first-order valence-electron chi connectivity index (χ1n) is 12.1. The predicted octanol–water partition coefficient (Wildman–Crippen LogP) is 3.79. The summed E-state index contributed by atoms with van der Waals surface area (Å²) in [4.78, 5) is 49.8. The molecule has 4 heterocycles. The standard InChI is InChI=1S/2C7H11NO.2C6H9NO/c2*1-2-8-6-4-3-5-7(8)9;2*1-2-7-5-3-4-6(7)8/h2*2H,1,3-6H2;2*2H,1,3-5H2. The zero-order valence-electron chi connectivity index (χ0n) is 20.5. The van der Waals surface area contributed by atoms with E-state index in [1.807, 2.05) is 0 Å². The van der Waals surface area contributed by atoms with Crippen LogP contribution in [-0.2, 0) is 19.2 Å². The molecule has 4 saturated heterocycles. The summed E-state index contributed by atoms with van der Waals surface area (Å²) in [7, 11) is 0. The Bertz CT molecular complexity index is 687. The molecule has 4 rings (SSSR count). The van der Waals surface area contributed by atoms with Crippen LogP contribution in [-0.4, -0.2) is 69.4 Å². The van der Waals surface area contributed by atoms with Crippen LogP contribution in [0, 0.1) is 0 Å². The zero-order chi connectivity index (χ0) is 25.3. The summed E-state index contributed by atoms with van der Waals surface area (Å²) in [6.45, 7) is 17.5. The van der Waals surface area contributed by atoms with Crippen LogP contribution in [0.4, 0.5) is 0 Å². The molecule has 0 unspecified atom stereocenters. The van der Waals surface area contributed by atoms with Gasteiger partial charge >= 0.3 is 0 Å². The van der Waals surface area contributed by atoms with Crippen LogP contribution in [0.3, 0.4) is 0 Å². The second-order valence-electron chi connectivity index (χ2n) is 8.20. The van der Waals surface area contributed by atoms with E-state index in [1.54, 1.807) is 44.4 Å². The quantitative estimate of drug-likeness (QED) is 0.623. The molecule has 0 N–H and O–H groups in total. The minimum atomic E-state index is 0.208. The van der Waals surface area contributed by atoms with Crippen molar-refractivity contribution in [1.29, 1.82) is 0 Å². The fraction of sp³-hybridized carbons (Fsp3) is 0.538. The van der Waals surface area contributed by atoms with Crippen LogP contribution in [0.2, 0.25) is 0 Å². The van der Waals surface area contributed by atoms with E-state index in [0.29, 0.717) is 25.7 Å². The third-order valence-electron chi connectivity index (χ3n) is 5.82. The van der Waals surface area contributed by atoms with Crippen LogP contribution < -0.4 is 0 Å². The molecule has 0 aromatic heterocycles. The molecule has 4 aliphatic heterocycles. The van der Waals surface area contributed by atoms with Gasteiger partial charge in [0.25, 0.3) is 0 Å². The maximum atomic E-state index is 10.9. The Labute approximate surface area is 204 Å². The number of carbonyl (C=O) groups is 4. The molecule has 8 heteroatoms. The Morgan fingerprint density at radius 1 is 0.412 bits per heavy atom. The van der Waals surface area contributed by atoms with Gasteiger partial charge in [-0.2, -0.15) is 0 Å². The molecule has 8 nitrogen and oxygen atoms in total. The molecular formula is C26H40N4O4. The minimum Gasteiger partial charge on any atom is -0.320 e. The fourth-order valence-electron chi connectivity index (χ4n) is 3.76. The second-order valence-corrected chi connectivity index (χ2v) is 8.20. The zero-order valence-corrected chi connectivity index (χ0v) is 20.5. The van der Waals surface area contributed by atoms with Crippen LogP contribution in [0.5, 0.6) is 0 Å². The largest absolute Gasteiger partial charge is 0.320 e. The number of carbonyl (C=O) groups excluding carboxylic acids is 4. The predicted molar refractivity (Wildman–Crippen MR) is 134 cm³/mol. The summed E-state index contributed by atoms with van der Waals surface area (Å²) < 4.78 is 0. The van der Waals surface area contributed by atoms with E-state index in [1.165, 1.54) is 0 Å². The molecule has 4 fully saturated rings. The Morgan fingerprint density at radius 2 is 0.647 bits per heavy atom. The van der Waals surface area contributed by atoms with Gasteiger partial charge in [0, 0.05) is 51.9 Å². The Morgan fingerprint density at radius 3 is 0.824 bits per heavy atom. The topological polar surface area (TPSA) is 81.2 Å². The number of likely N-dealkylation sites (tertiary alicyclic amines) is 4. The normalized spacial score (nSPS) is 19.8. The molecule has 0 saturated carbocycles. The van der Waals surface area contributed by atoms with Gasteiger partial charge in [-0.05, 0) is 63.3 Å². The molecule has 0 aliphatic carbocycles. The van der Waals surface area contributed by atoms with Crippen LogP contribution in [0.25, 0.3) is 0 Å². The van der Waals surface area contributed by atoms with E-state index in [-0.39, 0.29) is 23.6 Å². The Kier molecular flexibility index (Phi) is 14.0. The maximum absolute atomic E-state index is 10.9. The second kappa shape index (κ2) is 16.5. The van der Waals surface area contributed by atoms with E-state index < -0.39 is 0 Å². The molecule has 4 aliphatic rings. The molecule has 0 spiro atoms. The lowest BCUT2D eigenvalue weighted by Gasteiger charge is -2.21. The first kappa shape index (κ1) is 28.9. The van der Waals surface area contributed by atoms with Crippen molar-refractivity contribution in [2.24, 2.45) is 0 Å². The van der Waals surface area contributed by atoms with E-state index in [4.69, 9.17) is 0 Å². The van der Waals surface area contributed by atoms with Crippen molar-refractivity contribution >= 4 is 23.6 Å². The maximum Gasteiger partial charge on any atom is 0.226 e. The monoisotopic (exact) mass is 472 g/mol. The Balaban J connectivity index is 0.000000227. The molecule has 0 radical (unpaired) electrons.